The summed E-state index contributed by atoms with van der Waals surface area (Å²) in [6.45, 7) is 6.29. The Hall–Kier alpha value is -0.785. The number of benzene rings is 1. The van der Waals surface area contributed by atoms with Gasteiger partial charge >= 0.3 is 0 Å². The fourth-order valence-electron chi connectivity index (χ4n) is 1.22. The van der Waals surface area contributed by atoms with E-state index in [1.165, 1.54) is 6.07 Å². The normalized spacial score (nSPS) is 12.9. The SMILES string of the molecule is CCC(C)[B-]c1cc(F)ccc1C. The summed E-state index contributed by atoms with van der Waals surface area (Å²) in [5.41, 5.74) is 2.16. The minimum Gasteiger partial charge on any atom is -0.293 e. The number of rotatable bonds is 3. The van der Waals surface area contributed by atoms with Gasteiger partial charge in [0, 0.05) is 0 Å². The average molecular weight is 177 g/mol. The van der Waals surface area contributed by atoms with E-state index >= 15 is 0 Å². The van der Waals surface area contributed by atoms with Crippen molar-refractivity contribution in [3.8, 4) is 0 Å². The molecule has 0 amide bonds. The van der Waals surface area contributed by atoms with Crippen molar-refractivity contribution in [1.29, 1.82) is 0 Å². The Labute approximate surface area is 80.4 Å². The minimum absolute atomic E-state index is 0.153. The third-order valence-electron chi connectivity index (χ3n) is 2.35. The van der Waals surface area contributed by atoms with Crippen molar-refractivity contribution in [2.24, 2.45) is 0 Å². The fraction of sp³-hybridized carbons (Fsp3) is 0.455. The second kappa shape index (κ2) is 4.45. The molecule has 1 aromatic rings. The maximum Gasteiger partial charge on any atom is 0.119 e. The van der Waals surface area contributed by atoms with Crippen LogP contribution < -0.4 is 5.46 Å². The molecule has 2 heteroatoms. The van der Waals surface area contributed by atoms with Crippen molar-refractivity contribution in [3.05, 3.63) is 29.6 Å². The molecule has 0 fully saturated rings. The van der Waals surface area contributed by atoms with Crippen LogP contribution in [0.5, 0.6) is 0 Å². The molecule has 2 radical (unpaired) electrons. The lowest BCUT2D eigenvalue weighted by atomic mass is 9.58. The Morgan fingerprint density at radius 2 is 2.15 bits per heavy atom. The van der Waals surface area contributed by atoms with Crippen LogP contribution in [-0.2, 0) is 0 Å². The smallest absolute Gasteiger partial charge is 0.119 e. The average Bonchev–Trinajstić information content (AvgIpc) is 2.11. The van der Waals surface area contributed by atoms with E-state index in [0.29, 0.717) is 5.82 Å². The summed E-state index contributed by atoms with van der Waals surface area (Å²) in [6, 6.07) is 4.92. The molecule has 0 aliphatic heterocycles. The van der Waals surface area contributed by atoms with Crippen LogP contribution in [0.15, 0.2) is 18.2 Å². The van der Waals surface area contributed by atoms with Gasteiger partial charge in [0.25, 0.3) is 0 Å². The monoisotopic (exact) mass is 177 g/mol. The summed E-state index contributed by atoms with van der Waals surface area (Å²) in [5, 5.41) is 0. The Bertz CT molecular complexity index is 283. The summed E-state index contributed by atoms with van der Waals surface area (Å²) >= 11 is 0. The molecule has 0 spiro atoms. The molecule has 0 aromatic heterocycles. The van der Waals surface area contributed by atoms with Gasteiger partial charge in [0.05, 0.1) is 0 Å². The van der Waals surface area contributed by atoms with Gasteiger partial charge in [0.15, 0.2) is 0 Å². The standard InChI is InChI=1S/C11H15BF/c1-4-9(3)12-11-7-10(13)6-5-8(11)2/h5-7,9H,4H2,1-3H3/q-1. The first-order valence-corrected chi connectivity index (χ1v) is 4.74. The summed E-state index contributed by atoms with van der Waals surface area (Å²) in [5.74, 6) is 0.362. The van der Waals surface area contributed by atoms with Gasteiger partial charge in [-0.05, 0) is 13.0 Å². The molecule has 13 heavy (non-hydrogen) atoms. The van der Waals surface area contributed by atoms with Gasteiger partial charge in [-0.25, -0.2) is 10.2 Å². The van der Waals surface area contributed by atoms with Crippen LogP contribution >= 0.6 is 0 Å². The van der Waals surface area contributed by atoms with Crippen LogP contribution in [0.3, 0.4) is 0 Å². The molecule has 70 valence electrons. The molecule has 0 saturated heterocycles. The summed E-state index contributed by atoms with van der Waals surface area (Å²) in [7, 11) is 2.12. The highest BCUT2D eigenvalue weighted by molar-refractivity contribution is 6.55. The molecular formula is C11H15BF-. The second-order valence-corrected chi connectivity index (χ2v) is 3.55. The summed E-state index contributed by atoms with van der Waals surface area (Å²) in [6.07, 6.45) is 1.09. The number of hydrogen-bond acceptors (Lipinski definition) is 0. The van der Waals surface area contributed by atoms with Gasteiger partial charge in [-0.1, -0.05) is 38.0 Å². The van der Waals surface area contributed by atoms with E-state index in [-0.39, 0.29) is 5.82 Å². The predicted octanol–water partition coefficient (Wildman–Crippen LogP) is 2.68. The summed E-state index contributed by atoms with van der Waals surface area (Å²) < 4.78 is 12.9. The van der Waals surface area contributed by atoms with Crippen LogP contribution in [-0.4, -0.2) is 7.28 Å². The lowest BCUT2D eigenvalue weighted by molar-refractivity contribution is 0.628. The maximum absolute atomic E-state index is 12.9. The van der Waals surface area contributed by atoms with E-state index in [4.69, 9.17) is 0 Å². The summed E-state index contributed by atoms with van der Waals surface area (Å²) in [4.78, 5) is 0. The molecule has 0 N–H and O–H groups in total. The zero-order chi connectivity index (χ0) is 9.84. The van der Waals surface area contributed by atoms with Crippen molar-refractivity contribution in [2.75, 3.05) is 0 Å². The zero-order valence-electron chi connectivity index (χ0n) is 8.47. The van der Waals surface area contributed by atoms with Crippen LogP contribution in [0, 0.1) is 12.7 Å². The zero-order valence-corrected chi connectivity index (χ0v) is 8.47. The molecule has 0 nitrogen and oxygen atoms in total. The Kier molecular flexibility index (Phi) is 3.53. The molecule has 0 aliphatic rings. The Morgan fingerprint density at radius 1 is 1.46 bits per heavy atom. The maximum atomic E-state index is 12.9. The first-order valence-electron chi connectivity index (χ1n) is 4.74. The van der Waals surface area contributed by atoms with Crippen LogP contribution in [0.2, 0.25) is 5.82 Å². The van der Waals surface area contributed by atoms with Crippen molar-refractivity contribution in [1.82, 2.24) is 0 Å². The fourth-order valence-corrected chi connectivity index (χ4v) is 1.22. The number of hydrogen-bond donors (Lipinski definition) is 0. The highest BCUT2D eigenvalue weighted by Gasteiger charge is 1.92. The number of halogens is 1. The van der Waals surface area contributed by atoms with E-state index in [1.54, 1.807) is 6.07 Å². The van der Waals surface area contributed by atoms with E-state index in [0.717, 1.165) is 17.4 Å². The second-order valence-electron chi connectivity index (χ2n) is 3.55. The van der Waals surface area contributed by atoms with Crippen LogP contribution in [0.4, 0.5) is 4.39 Å². The van der Waals surface area contributed by atoms with Gasteiger partial charge in [-0.3, -0.25) is 12.7 Å². The van der Waals surface area contributed by atoms with Crippen LogP contribution in [0.1, 0.15) is 25.8 Å². The van der Waals surface area contributed by atoms with E-state index < -0.39 is 0 Å². The molecule has 0 saturated carbocycles. The van der Waals surface area contributed by atoms with E-state index in [9.17, 15) is 4.39 Å². The Morgan fingerprint density at radius 3 is 2.77 bits per heavy atom. The first kappa shape index (κ1) is 10.3. The lowest BCUT2D eigenvalue weighted by Gasteiger charge is -2.25. The number of aryl methyl sites for hydroxylation is 1. The third kappa shape index (κ3) is 2.87. The van der Waals surface area contributed by atoms with Gasteiger partial charge in [0.1, 0.15) is 5.82 Å². The Balaban J connectivity index is 2.81. The van der Waals surface area contributed by atoms with Crippen molar-refractivity contribution >= 4 is 12.7 Å². The van der Waals surface area contributed by atoms with E-state index in [1.807, 2.05) is 13.0 Å². The molecule has 0 aliphatic carbocycles. The molecular weight excluding hydrogens is 162 g/mol. The van der Waals surface area contributed by atoms with Crippen molar-refractivity contribution in [3.63, 3.8) is 0 Å². The molecule has 1 atom stereocenters. The van der Waals surface area contributed by atoms with Crippen molar-refractivity contribution < 1.29 is 4.39 Å². The van der Waals surface area contributed by atoms with Gasteiger partial charge < -0.3 is 0 Å². The van der Waals surface area contributed by atoms with Crippen molar-refractivity contribution in [2.45, 2.75) is 33.0 Å². The topological polar surface area (TPSA) is 0 Å². The molecule has 0 heterocycles. The minimum atomic E-state index is -0.153. The predicted molar refractivity (Wildman–Crippen MR) is 56.2 cm³/mol. The van der Waals surface area contributed by atoms with E-state index in [2.05, 4.69) is 21.1 Å². The largest absolute Gasteiger partial charge is 0.293 e. The van der Waals surface area contributed by atoms with Gasteiger partial charge in [-0.2, -0.15) is 0 Å². The molecule has 1 rings (SSSR count). The molecule has 1 unspecified atom stereocenters. The molecule has 1 aromatic carbocycles. The van der Waals surface area contributed by atoms with Gasteiger partial charge in [-0.15, -0.1) is 0 Å². The quantitative estimate of drug-likeness (QED) is 0.622. The molecule has 0 bridgehead atoms. The van der Waals surface area contributed by atoms with Gasteiger partial charge in [0.2, 0.25) is 0 Å². The first-order chi connectivity index (χ1) is 6.13. The lowest BCUT2D eigenvalue weighted by Crippen LogP contribution is -2.21. The third-order valence-corrected chi connectivity index (χ3v) is 2.35. The van der Waals surface area contributed by atoms with Crippen LogP contribution in [0.25, 0.3) is 0 Å². The highest BCUT2D eigenvalue weighted by atomic mass is 19.1. The highest BCUT2D eigenvalue weighted by Crippen LogP contribution is 2.07.